The smallest absolute Gasteiger partial charge is 0.163 e. The van der Waals surface area contributed by atoms with Crippen molar-refractivity contribution in [3.8, 4) is 5.75 Å². The van der Waals surface area contributed by atoms with Gasteiger partial charge in [-0.15, -0.1) is 0 Å². The lowest BCUT2D eigenvalue weighted by Crippen LogP contribution is -2.10. The fourth-order valence-electron chi connectivity index (χ4n) is 2.37. The van der Waals surface area contributed by atoms with E-state index in [1.165, 1.54) is 6.42 Å². The highest BCUT2D eigenvalue weighted by Gasteiger charge is 2.16. The van der Waals surface area contributed by atoms with Gasteiger partial charge < -0.3 is 10.1 Å². The van der Waals surface area contributed by atoms with Crippen molar-refractivity contribution in [1.82, 2.24) is 5.32 Å². The summed E-state index contributed by atoms with van der Waals surface area (Å²) < 4.78 is 5.41. The number of hydrogen-bond donors (Lipinski definition) is 1. The van der Waals surface area contributed by atoms with Crippen LogP contribution < -0.4 is 10.1 Å². The van der Waals surface area contributed by atoms with Gasteiger partial charge in [0, 0.05) is 12.0 Å². The van der Waals surface area contributed by atoms with E-state index in [9.17, 15) is 4.79 Å². The summed E-state index contributed by atoms with van der Waals surface area (Å²) in [4.78, 5) is 12.1. The van der Waals surface area contributed by atoms with Crippen molar-refractivity contribution in [3.05, 3.63) is 29.8 Å². The third-order valence-corrected chi connectivity index (χ3v) is 3.41. The molecule has 0 bridgehead atoms. The second-order valence-corrected chi connectivity index (χ2v) is 4.78. The summed E-state index contributed by atoms with van der Waals surface area (Å²) in [6.07, 6.45) is 2.83. The van der Waals surface area contributed by atoms with Crippen molar-refractivity contribution in [2.45, 2.75) is 26.2 Å². The van der Waals surface area contributed by atoms with Crippen LogP contribution in [0.1, 0.15) is 36.5 Å². The van der Waals surface area contributed by atoms with E-state index < -0.39 is 0 Å². The van der Waals surface area contributed by atoms with Crippen LogP contribution >= 0.6 is 0 Å². The van der Waals surface area contributed by atoms with Crippen LogP contribution in [0.5, 0.6) is 5.75 Å². The van der Waals surface area contributed by atoms with Crippen LogP contribution in [0.25, 0.3) is 0 Å². The van der Waals surface area contributed by atoms with Gasteiger partial charge in [0.2, 0.25) is 0 Å². The SMILES string of the molecule is CCOc1cccc(C(=O)CCC2CCNC2)c1. The number of benzene rings is 1. The molecule has 0 amide bonds. The molecular formula is C15H21NO2. The molecule has 1 heterocycles. The van der Waals surface area contributed by atoms with E-state index in [4.69, 9.17) is 4.74 Å². The van der Waals surface area contributed by atoms with Crippen LogP contribution in [0.2, 0.25) is 0 Å². The molecule has 1 N–H and O–H groups in total. The average Bonchev–Trinajstić information content (AvgIpc) is 2.90. The van der Waals surface area contributed by atoms with E-state index in [0.29, 0.717) is 18.9 Å². The maximum absolute atomic E-state index is 12.1. The van der Waals surface area contributed by atoms with Crippen LogP contribution in [-0.2, 0) is 0 Å². The predicted octanol–water partition coefficient (Wildman–Crippen LogP) is 2.66. The topological polar surface area (TPSA) is 38.3 Å². The molecule has 18 heavy (non-hydrogen) atoms. The summed E-state index contributed by atoms with van der Waals surface area (Å²) in [5.41, 5.74) is 0.770. The summed E-state index contributed by atoms with van der Waals surface area (Å²) in [5, 5.41) is 3.33. The van der Waals surface area contributed by atoms with E-state index >= 15 is 0 Å². The Hall–Kier alpha value is -1.35. The third-order valence-electron chi connectivity index (χ3n) is 3.41. The van der Waals surface area contributed by atoms with Gasteiger partial charge in [0.15, 0.2) is 5.78 Å². The Bertz CT molecular complexity index is 397. The van der Waals surface area contributed by atoms with Crippen LogP contribution in [-0.4, -0.2) is 25.5 Å². The van der Waals surface area contributed by atoms with Gasteiger partial charge in [0.25, 0.3) is 0 Å². The number of ketones is 1. The highest BCUT2D eigenvalue weighted by Crippen LogP contribution is 2.19. The molecule has 1 unspecified atom stereocenters. The van der Waals surface area contributed by atoms with E-state index in [2.05, 4.69) is 5.32 Å². The molecule has 0 radical (unpaired) electrons. The van der Waals surface area contributed by atoms with Crippen LogP contribution in [0.15, 0.2) is 24.3 Å². The molecule has 0 spiro atoms. The lowest BCUT2D eigenvalue weighted by atomic mass is 9.98. The zero-order valence-corrected chi connectivity index (χ0v) is 10.9. The molecule has 1 aromatic carbocycles. The molecular weight excluding hydrogens is 226 g/mol. The summed E-state index contributed by atoms with van der Waals surface area (Å²) in [6.45, 7) is 4.73. The van der Waals surface area contributed by atoms with Gasteiger partial charge in [0.05, 0.1) is 6.61 Å². The molecule has 0 saturated carbocycles. The summed E-state index contributed by atoms with van der Waals surface area (Å²) >= 11 is 0. The summed E-state index contributed by atoms with van der Waals surface area (Å²) in [5.74, 6) is 1.68. The lowest BCUT2D eigenvalue weighted by molar-refractivity contribution is 0.0974. The molecule has 1 saturated heterocycles. The normalized spacial score (nSPS) is 18.8. The highest BCUT2D eigenvalue weighted by atomic mass is 16.5. The zero-order chi connectivity index (χ0) is 12.8. The molecule has 0 aliphatic carbocycles. The van der Waals surface area contributed by atoms with Gasteiger partial charge in [-0.1, -0.05) is 12.1 Å². The number of carbonyl (C=O) groups is 1. The highest BCUT2D eigenvalue weighted by molar-refractivity contribution is 5.96. The van der Waals surface area contributed by atoms with E-state index in [0.717, 1.165) is 30.8 Å². The van der Waals surface area contributed by atoms with Gasteiger partial charge in [-0.3, -0.25) is 4.79 Å². The minimum Gasteiger partial charge on any atom is -0.494 e. The standard InChI is InChI=1S/C15H21NO2/c1-2-18-14-5-3-4-13(10-14)15(17)7-6-12-8-9-16-11-12/h3-5,10,12,16H,2,6-9,11H2,1H3. The molecule has 1 aliphatic heterocycles. The number of ether oxygens (including phenoxy) is 1. The van der Waals surface area contributed by atoms with Gasteiger partial charge in [-0.25, -0.2) is 0 Å². The number of Topliss-reactive ketones (excluding diaryl/α,β-unsaturated/α-hetero) is 1. The summed E-state index contributed by atoms with van der Waals surface area (Å²) in [6, 6.07) is 7.49. The molecule has 3 heteroatoms. The predicted molar refractivity (Wildman–Crippen MR) is 72.2 cm³/mol. The Labute approximate surface area is 109 Å². The van der Waals surface area contributed by atoms with Gasteiger partial charge >= 0.3 is 0 Å². The van der Waals surface area contributed by atoms with E-state index in [-0.39, 0.29) is 5.78 Å². The second kappa shape index (κ2) is 6.55. The van der Waals surface area contributed by atoms with E-state index in [1.807, 2.05) is 31.2 Å². The molecule has 3 nitrogen and oxygen atoms in total. The minimum atomic E-state index is 0.225. The Morgan fingerprint density at radius 3 is 3.11 bits per heavy atom. The Morgan fingerprint density at radius 1 is 1.50 bits per heavy atom. The molecule has 1 atom stereocenters. The van der Waals surface area contributed by atoms with Crippen LogP contribution in [0, 0.1) is 5.92 Å². The van der Waals surface area contributed by atoms with Crippen LogP contribution in [0.4, 0.5) is 0 Å². The van der Waals surface area contributed by atoms with E-state index in [1.54, 1.807) is 0 Å². The Kier molecular flexibility index (Phi) is 4.76. The van der Waals surface area contributed by atoms with Crippen molar-refractivity contribution >= 4 is 5.78 Å². The van der Waals surface area contributed by atoms with Crippen molar-refractivity contribution in [1.29, 1.82) is 0 Å². The summed E-state index contributed by atoms with van der Waals surface area (Å²) in [7, 11) is 0. The largest absolute Gasteiger partial charge is 0.494 e. The fraction of sp³-hybridized carbons (Fsp3) is 0.533. The van der Waals surface area contributed by atoms with Crippen molar-refractivity contribution in [3.63, 3.8) is 0 Å². The molecule has 1 aliphatic rings. The molecule has 1 aromatic rings. The molecule has 2 rings (SSSR count). The van der Waals surface area contributed by atoms with Crippen molar-refractivity contribution < 1.29 is 9.53 Å². The monoisotopic (exact) mass is 247 g/mol. The minimum absolute atomic E-state index is 0.225. The van der Waals surface area contributed by atoms with Crippen molar-refractivity contribution in [2.75, 3.05) is 19.7 Å². The second-order valence-electron chi connectivity index (χ2n) is 4.78. The first-order chi connectivity index (χ1) is 8.79. The fourth-order valence-corrected chi connectivity index (χ4v) is 2.37. The average molecular weight is 247 g/mol. The zero-order valence-electron chi connectivity index (χ0n) is 10.9. The number of carbonyl (C=O) groups excluding carboxylic acids is 1. The van der Waals surface area contributed by atoms with Crippen molar-refractivity contribution in [2.24, 2.45) is 5.92 Å². The number of rotatable bonds is 6. The lowest BCUT2D eigenvalue weighted by Gasteiger charge is -2.08. The van der Waals surface area contributed by atoms with Gasteiger partial charge in [0.1, 0.15) is 5.75 Å². The first-order valence-electron chi connectivity index (χ1n) is 6.76. The maximum Gasteiger partial charge on any atom is 0.163 e. The number of hydrogen-bond acceptors (Lipinski definition) is 3. The van der Waals surface area contributed by atoms with Gasteiger partial charge in [-0.05, 0) is 50.9 Å². The number of nitrogens with one attached hydrogen (secondary N) is 1. The quantitative estimate of drug-likeness (QED) is 0.785. The Morgan fingerprint density at radius 2 is 2.39 bits per heavy atom. The third kappa shape index (κ3) is 3.57. The first-order valence-corrected chi connectivity index (χ1v) is 6.76. The molecule has 98 valence electrons. The van der Waals surface area contributed by atoms with Gasteiger partial charge in [-0.2, -0.15) is 0 Å². The Balaban J connectivity index is 1.89. The molecule has 1 fully saturated rings. The first kappa shape index (κ1) is 13.1. The van der Waals surface area contributed by atoms with Crippen LogP contribution in [0.3, 0.4) is 0 Å². The maximum atomic E-state index is 12.1. The molecule has 0 aromatic heterocycles.